The normalized spacial score (nSPS) is 12.4. The Morgan fingerprint density at radius 1 is 1.28 bits per heavy atom. The molecule has 0 saturated heterocycles. The standard InChI is InChI=1S/C13H15FN4/c1-8-3-4-10(7-11(8)14)13(18-15)12-5-6-16-9(2)17-12/h3-7,13,18H,15H2,1-2H3. The molecule has 0 aliphatic heterocycles. The van der Waals surface area contributed by atoms with Crippen molar-refractivity contribution in [2.45, 2.75) is 19.9 Å². The van der Waals surface area contributed by atoms with E-state index in [0.29, 0.717) is 17.1 Å². The Balaban J connectivity index is 2.42. The lowest BCUT2D eigenvalue weighted by molar-refractivity contribution is 0.591. The second kappa shape index (κ2) is 5.20. The Kier molecular flexibility index (Phi) is 3.64. The van der Waals surface area contributed by atoms with Gasteiger partial charge in [0, 0.05) is 6.20 Å². The van der Waals surface area contributed by atoms with Gasteiger partial charge in [-0.05, 0) is 37.1 Å². The van der Waals surface area contributed by atoms with Crippen LogP contribution in [0.5, 0.6) is 0 Å². The molecule has 0 aliphatic carbocycles. The van der Waals surface area contributed by atoms with Crippen LogP contribution in [0.4, 0.5) is 4.39 Å². The molecule has 1 atom stereocenters. The molecule has 2 aromatic rings. The van der Waals surface area contributed by atoms with Gasteiger partial charge in [0.15, 0.2) is 0 Å². The number of aromatic nitrogens is 2. The topological polar surface area (TPSA) is 63.8 Å². The molecule has 0 radical (unpaired) electrons. The van der Waals surface area contributed by atoms with Gasteiger partial charge in [0.25, 0.3) is 0 Å². The zero-order valence-corrected chi connectivity index (χ0v) is 10.3. The quantitative estimate of drug-likeness (QED) is 0.640. The summed E-state index contributed by atoms with van der Waals surface area (Å²) in [4.78, 5) is 8.32. The van der Waals surface area contributed by atoms with Crippen molar-refractivity contribution in [3.05, 3.63) is 58.9 Å². The SMILES string of the molecule is Cc1nccc(C(NN)c2ccc(C)c(F)c2)n1. The first-order valence-corrected chi connectivity index (χ1v) is 5.63. The van der Waals surface area contributed by atoms with Crippen molar-refractivity contribution in [1.29, 1.82) is 0 Å². The lowest BCUT2D eigenvalue weighted by atomic mass is 10.0. The molecule has 0 saturated carbocycles. The fraction of sp³-hybridized carbons (Fsp3) is 0.231. The van der Waals surface area contributed by atoms with Gasteiger partial charge in [0.2, 0.25) is 0 Å². The monoisotopic (exact) mass is 246 g/mol. The maximum Gasteiger partial charge on any atom is 0.126 e. The number of hydrazine groups is 1. The molecule has 4 nitrogen and oxygen atoms in total. The van der Waals surface area contributed by atoms with Crippen LogP contribution in [0, 0.1) is 19.7 Å². The van der Waals surface area contributed by atoms with Crippen molar-refractivity contribution in [3.8, 4) is 0 Å². The molecule has 5 heteroatoms. The molecule has 94 valence electrons. The van der Waals surface area contributed by atoms with Crippen molar-refractivity contribution < 1.29 is 4.39 Å². The number of rotatable bonds is 3. The van der Waals surface area contributed by atoms with Crippen LogP contribution >= 0.6 is 0 Å². The van der Waals surface area contributed by atoms with Gasteiger partial charge < -0.3 is 0 Å². The zero-order valence-electron chi connectivity index (χ0n) is 10.3. The molecule has 0 fully saturated rings. The van der Waals surface area contributed by atoms with Crippen molar-refractivity contribution in [3.63, 3.8) is 0 Å². The highest BCUT2D eigenvalue weighted by atomic mass is 19.1. The second-order valence-corrected chi connectivity index (χ2v) is 4.14. The van der Waals surface area contributed by atoms with Gasteiger partial charge in [-0.3, -0.25) is 5.84 Å². The Morgan fingerprint density at radius 3 is 2.67 bits per heavy atom. The maximum atomic E-state index is 13.6. The van der Waals surface area contributed by atoms with Crippen LogP contribution in [0.3, 0.4) is 0 Å². The minimum Gasteiger partial charge on any atom is -0.271 e. The summed E-state index contributed by atoms with van der Waals surface area (Å²) in [6, 6.07) is 6.44. The van der Waals surface area contributed by atoms with E-state index in [-0.39, 0.29) is 11.9 Å². The fourth-order valence-corrected chi connectivity index (χ4v) is 1.78. The van der Waals surface area contributed by atoms with Gasteiger partial charge >= 0.3 is 0 Å². The van der Waals surface area contributed by atoms with Crippen LogP contribution in [-0.4, -0.2) is 9.97 Å². The van der Waals surface area contributed by atoms with Crippen LogP contribution < -0.4 is 11.3 Å². The van der Waals surface area contributed by atoms with Gasteiger partial charge in [-0.1, -0.05) is 12.1 Å². The molecule has 1 aromatic carbocycles. The summed E-state index contributed by atoms with van der Waals surface area (Å²) < 4.78 is 13.6. The number of benzene rings is 1. The second-order valence-electron chi connectivity index (χ2n) is 4.14. The van der Waals surface area contributed by atoms with Crippen molar-refractivity contribution in [1.82, 2.24) is 15.4 Å². The number of nitrogens with one attached hydrogen (secondary N) is 1. The van der Waals surface area contributed by atoms with Crippen molar-refractivity contribution in [2.24, 2.45) is 5.84 Å². The number of nitrogens with zero attached hydrogens (tertiary/aromatic N) is 2. The van der Waals surface area contributed by atoms with Gasteiger partial charge in [-0.2, -0.15) is 0 Å². The van der Waals surface area contributed by atoms with Crippen LogP contribution in [0.15, 0.2) is 30.5 Å². The molecule has 1 aromatic heterocycles. The fourth-order valence-electron chi connectivity index (χ4n) is 1.78. The Labute approximate surface area is 105 Å². The number of hydrogen-bond donors (Lipinski definition) is 2. The molecule has 18 heavy (non-hydrogen) atoms. The van der Waals surface area contributed by atoms with Gasteiger partial charge in [-0.25, -0.2) is 19.8 Å². The lowest BCUT2D eigenvalue weighted by Crippen LogP contribution is -2.29. The summed E-state index contributed by atoms with van der Waals surface area (Å²) in [6.45, 7) is 3.52. The first-order chi connectivity index (χ1) is 8.61. The Bertz CT molecular complexity index is 556. The third-order valence-electron chi connectivity index (χ3n) is 2.79. The lowest BCUT2D eigenvalue weighted by Gasteiger charge is -2.16. The smallest absolute Gasteiger partial charge is 0.126 e. The first kappa shape index (κ1) is 12.6. The van der Waals surface area contributed by atoms with Crippen molar-refractivity contribution >= 4 is 0 Å². The number of aryl methyl sites for hydroxylation is 2. The van der Waals surface area contributed by atoms with E-state index < -0.39 is 0 Å². The Morgan fingerprint density at radius 2 is 2.06 bits per heavy atom. The Hall–Kier alpha value is -1.85. The van der Waals surface area contributed by atoms with Crippen molar-refractivity contribution in [2.75, 3.05) is 0 Å². The third-order valence-corrected chi connectivity index (χ3v) is 2.79. The van der Waals surface area contributed by atoms with Gasteiger partial charge in [0.1, 0.15) is 11.6 Å². The first-order valence-electron chi connectivity index (χ1n) is 5.63. The van der Waals surface area contributed by atoms with E-state index in [0.717, 1.165) is 5.56 Å². The molecule has 1 heterocycles. The summed E-state index contributed by atoms with van der Waals surface area (Å²) in [6.07, 6.45) is 1.66. The average Bonchev–Trinajstić information content (AvgIpc) is 2.35. The largest absolute Gasteiger partial charge is 0.271 e. The van der Waals surface area contributed by atoms with E-state index in [1.165, 1.54) is 6.07 Å². The summed E-state index contributed by atoms with van der Waals surface area (Å²) >= 11 is 0. The summed E-state index contributed by atoms with van der Waals surface area (Å²) in [5, 5.41) is 0. The minimum atomic E-state index is -0.346. The van der Waals surface area contributed by atoms with Crippen LogP contribution in [0.2, 0.25) is 0 Å². The highest BCUT2D eigenvalue weighted by Crippen LogP contribution is 2.21. The van der Waals surface area contributed by atoms with Gasteiger partial charge in [-0.15, -0.1) is 0 Å². The zero-order chi connectivity index (χ0) is 13.1. The molecule has 0 spiro atoms. The summed E-state index contributed by atoms with van der Waals surface area (Å²) in [7, 11) is 0. The van der Waals surface area contributed by atoms with E-state index in [4.69, 9.17) is 5.84 Å². The van der Waals surface area contributed by atoms with Gasteiger partial charge in [0.05, 0.1) is 11.7 Å². The molecular formula is C13H15FN4. The summed E-state index contributed by atoms with van der Waals surface area (Å²) in [5.74, 6) is 5.94. The van der Waals surface area contributed by atoms with E-state index >= 15 is 0 Å². The minimum absolute atomic E-state index is 0.251. The highest BCUT2D eigenvalue weighted by molar-refractivity contribution is 5.30. The highest BCUT2D eigenvalue weighted by Gasteiger charge is 2.15. The molecule has 2 rings (SSSR count). The molecule has 1 unspecified atom stereocenters. The predicted molar refractivity (Wildman–Crippen MR) is 67.1 cm³/mol. The van der Waals surface area contributed by atoms with E-state index in [2.05, 4.69) is 15.4 Å². The third kappa shape index (κ3) is 2.52. The number of nitrogens with two attached hydrogens (primary N) is 1. The molecule has 0 amide bonds. The molecule has 0 bridgehead atoms. The van der Waals surface area contributed by atoms with E-state index in [9.17, 15) is 4.39 Å². The summed E-state index contributed by atoms with van der Waals surface area (Å²) in [5.41, 5.74) is 4.71. The van der Waals surface area contributed by atoms with Crippen LogP contribution in [0.1, 0.15) is 28.7 Å². The maximum absolute atomic E-state index is 13.6. The van der Waals surface area contributed by atoms with E-state index in [1.807, 2.05) is 6.07 Å². The number of hydrogen-bond acceptors (Lipinski definition) is 4. The van der Waals surface area contributed by atoms with Crippen LogP contribution in [0.25, 0.3) is 0 Å². The number of halogens is 1. The molecular weight excluding hydrogens is 231 g/mol. The van der Waals surface area contributed by atoms with Crippen LogP contribution in [-0.2, 0) is 0 Å². The molecule has 3 N–H and O–H groups in total. The average molecular weight is 246 g/mol. The van der Waals surface area contributed by atoms with E-state index in [1.54, 1.807) is 32.2 Å². The predicted octanol–water partition coefficient (Wildman–Crippen LogP) is 1.79. The molecule has 0 aliphatic rings.